The monoisotopic (exact) mass is 483 g/mol. The molecule has 0 aliphatic heterocycles. The number of benzene rings is 1. The number of amides is 2. The van der Waals surface area contributed by atoms with Crippen molar-refractivity contribution in [3.63, 3.8) is 0 Å². The predicted molar refractivity (Wildman–Crippen MR) is 126 cm³/mol. The van der Waals surface area contributed by atoms with Crippen molar-refractivity contribution in [1.29, 1.82) is 0 Å². The molecule has 176 valence electrons. The van der Waals surface area contributed by atoms with E-state index >= 15 is 0 Å². The second kappa shape index (κ2) is 9.80. The summed E-state index contributed by atoms with van der Waals surface area (Å²) in [6, 6.07) is 4.42. The zero-order valence-corrected chi connectivity index (χ0v) is 19.7. The normalized spacial score (nSPS) is 11.1. The van der Waals surface area contributed by atoms with Gasteiger partial charge in [-0.25, -0.2) is 18.9 Å². The molecule has 0 saturated heterocycles. The van der Waals surface area contributed by atoms with E-state index in [0.717, 1.165) is 6.20 Å². The average molecular weight is 484 g/mol. The standard InChI is InChI=1S/C22H22FN7O3S/c1-13(2)16-9-15(23)10-17(14-6-7-26-18(8-14)24-3)21(16)28-22(31)29-34(32,33)20-12-25-11-19(27-20)30(4)5/h6-13H,1-2,4-5H3,(H2,28,29,31). The van der Waals surface area contributed by atoms with Gasteiger partial charge in [-0.05, 0) is 41.3 Å². The molecule has 0 aliphatic rings. The fraction of sp³-hybridized carbons (Fsp3) is 0.227. The van der Waals surface area contributed by atoms with Crippen LogP contribution in [0.1, 0.15) is 25.3 Å². The topological polar surface area (TPSA) is 122 Å². The lowest BCUT2D eigenvalue weighted by Gasteiger charge is -2.19. The number of hydrogen-bond donors (Lipinski definition) is 2. The van der Waals surface area contributed by atoms with Crippen molar-refractivity contribution >= 4 is 33.4 Å². The lowest BCUT2D eigenvalue weighted by Crippen LogP contribution is -2.35. The first kappa shape index (κ1) is 24.5. The summed E-state index contributed by atoms with van der Waals surface area (Å²) < 4.78 is 41.8. The molecular weight excluding hydrogens is 461 g/mol. The van der Waals surface area contributed by atoms with E-state index in [1.807, 2.05) is 4.72 Å². The highest BCUT2D eigenvalue weighted by Crippen LogP contribution is 2.36. The highest BCUT2D eigenvalue weighted by molar-refractivity contribution is 7.90. The van der Waals surface area contributed by atoms with Gasteiger partial charge in [0, 0.05) is 19.7 Å². The summed E-state index contributed by atoms with van der Waals surface area (Å²) in [5.74, 6) is -0.384. The summed E-state index contributed by atoms with van der Waals surface area (Å²) in [6.45, 7) is 10.8. The second-order valence-corrected chi connectivity index (χ2v) is 9.39. The zero-order chi connectivity index (χ0) is 25.0. The molecule has 0 fully saturated rings. The van der Waals surface area contributed by atoms with Crippen LogP contribution in [0.25, 0.3) is 16.0 Å². The molecule has 0 bridgehead atoms. The maximum absolute atomic E-state index is 14.4. The quantitative estimate of drug-likeness (QED) is 0.510. The van der Waals surface area contributed by atoms with Gasteiger partial charge in [-0.3, -0.25) is 4.98 Å². The Morgan fingerprint density at radius 2 is 1.94 bits per heavy atom. The highest BCUT2D eigenvalue weighted by Gasteiger charge is 2.23. The van der Waals surface area contributed by atoms with Gasteiger partial charge in [0.25, 0.3) is 15.8 Å². The number of nitrogens with zero attached hydrogens (tertiary/aromatic N) is 5. The van der Waals surface area contributed by atoms with Gasteiger partial charge in [0.05, 0.1) is 18.1 Å². The van der Waals surface area contributed by atoms with Crippen LogP contribution in [0.5, 0.6) is 0 Å². The number of carbonyl (C=O) groups is 1. The maximum atomic E-state index is 14.4. The van der Waals surface area contributed by atoms with E-state index in [9.17, 15) is 17.6 Å². The van der Waals surface area contributed by atoms with Crippen LogP contribution >= 0.6 is 0 Å². The number of carbonyl (C=O) groups excluding carboxylic acids is 1. The Bertz CT molecular complexity index is 1390. The van der Waals surface area contributed by atoms with E-state index in [2.05, 4.69) is 25.1 Å². The summed E-state index contributed by atoms with van der Waals surface area (Å²) >= 11 is 0. The van der Waals surface area contributed by atoms with Crippen LogP contribution in [0.3, 0.4) is 0 Å². The Labute approximate surface area is 196 Å². The van der Waals surface area contributed by atoms with Crippen molar-refractivity contribution in [3.8, 4) is 11.1 Å². The Kier molecular flexibility index (Phi) is 7.07. The third kappa shape index (κ3) is 5.44. The summed E-state index contributed by atoms with van der Waals surface area (Å²) in [7, 11) is -1.01. The zero-order valence-electron chi connectivity index (χ0n) is 18.9. The van der Waals surface area contributed by atoms with E-state index in [1.54, 1.807) is 38.9 Å². The third-order valence-corrected chi connectivity index (χ3v) is 5.93. The lowest BCUT2D eigenvalue weighted by atomic mass is 9.94. The van der Waals surface area contributed by atoms with E-state index in [1.165, 1.54) is 30.6 Å². The first-order chi connectivity index (χ1) is 16.0. The number of anilines is 2. The van der Waals surface area contributed by atoms with E-state index in [4.69, 9.17) is 6.57 Å². The Morgan fingerprint density at radius 1 is 1.21 bits per heavy atom. The van der Waals surface area contributed by atoms with Crippen molar-refractivity contribution < 1.29 is 17.6 Å². The molecule has 0 saturated carbocycles. The van der Waals surface area contributed by atoms with Gasteiger partial charge in [-0.2, -0.15) is 8.42 Å². The van der Waals surface area contributed by atoms with Gasteiger partial charge in [0.2, 0.25) is 0 Å². The number of hydrogen-bond acceptors (Lipinski definition) is 7. The molecule has 0 atom stereocenters. The molecule has 3 rings (SSSR count). The summed E-state index contributed by atoms with van der Waals surface area (Å²) in [6.07, 6.45) is 3.80. The van der Waals surface area contributed by atoms with Gasteiger partial charge in [0.1, 0.15) is 17.8 Å². The molecule has 1 aromatic carbocycles. The van der Waals surface area contributed by atoms with Crippen molar-refractivity contribution in [2.75, 3.05) is 24.3 Å². The summed E-state index contributed by atoms with van der Waals surface area (Å²) in [5.41, 5.74) is 1.36. The third-order valence-electron chi connectivity index (χ3n) is 4.73. The Balaban J connectivity index is 2.00. The number of halogens is 1. The molecule has 2 aromatic heterocycles. The van der Waals surface area contributed by atoms with Gasteiger partial charge in [-0.1, -0.05) is 20.4 Å². The Morgan fingerprint density at radius 3 is 2.59 bits per heavy atom. The van der Waals surface area contributed by atoms with E-state index in [0.29, 0.717) is 16.9 Å². The van der Waals surface area contributed by atoms with Crippen molar-refractivity contribution in [2.45, 2.75) is 24.8 Å². The molecule has 0 aliphatic carbocycles. The fourth-order valence-electron chi connectivity index (χ4n) is 3.09. The average Bonchev–Trinajstić information content (AvgIpc) is 2.79. The fourth-order valence-corrected chi connectivity index (χ4v) is 3.91. The van der Waals surface area contributed by atoms with Crippen molar-refractivity contribution in [3.05, 3.63) is 65.7 Å². The van der Waals surface area contributed by atoms with Crippen LogP contribution in [0.15, 0.2) is 47.9 Å². The van der Waals surface area contributed by atoms with E-state index in [-0.39, 0.29) is 23.0 Å². The minimum absolute atomic E-state index is 0.0881. The number of urea groups is 1. The summed E-state index contributed by atoms with van der Waals surface area (Å²) in [5, 5.41) is 2.10. The highest BCUT2D eigenvalue weighted by atomic mass is 32.2. The molecule has 2 amide bonds. The van der Waals surface area contributed by atoms with Gasteiger partial charge >= 0.3 is 6.03 Å². The molecule has 34 heavy (non-hydrogen) atoms. The van der Waals surface area contributed by atoms with Crippen molar-refractivity contribution in [2.24, 2.45) is 0 Å². The number of pyridine rings is 1. The minimum Gasteiger partial charge on any atom is -0.361 e. The van der Waals surface area contributed by atoms with Crippen molar-refractivity contribution in [1.82, 2.24) is 19.7 Å². The lowest BCUT2D eigenvalue weighted by molar-refractivity contribution is 0.256. The molecule has 0 radical (unpaired) electrons. The molecule has 2 N–H and O–H groups in total. The molecule has 3 aromatic rings. The smallest absolute Gasteiger partial charge is 0.333 e. The SMILES string of the molecule is [C-]#[N+]c1cc(-c2cc(F)cc(C(C)C)c2NC(=O)NS(=O)(=O)c2cncc(N(C)C)n2)ccn1. The number of aromatic nitrogens is 3. The molecule has 0 spiro atoms. The summed E-state index contributed by atoms with van der Waals surface area (Å²) in [4.78, 5) is 29.4. The van der Waals surface area contributed by atoms with Crippen LogP contribution in [0.2, 0.25) is 0 Å². The van der Waals surface area contributed by atoms with Gasteiger partial charge in [0.15, 0.2) is 5.03 Å². The molecular formula is C22H22FN7O3S. The van der Waals surface area contributed by atoms with Gasteiger partial charge in [-0.15, -0.1) is 4.98 Å². The number of rotatable bonds is 6. The first-order valence-corrected chi connectivity index (χ1v) is 11.5. The van der Waals surface area contributed by atoms with Crippen LogP contribution in [-0.4, -0.2) is 43.5 Å². The molecule has 2 heterocycles. The van der Waals surface area contributed by atoms with Crippen LogP contribution in [-0.2, 0) is 10.0 Å². The van der Waals surface area contributed by atoms with Crippen LogP contribution < -0.4 is 14.9 Å². The molecule has 10 nitrogen and oxygen atoms in total. The first-order valence-electron chi connectivity index (χ1n) is 10.0. The minimum atomic E-state index is -4.35. The Hall–Kier alpha value is -4.11. The molecule has 0 unspecified atom stereocenters. The van der Waals surface area contributed by atoms with Crippen LogP contribution in [0.4, 0.5) is 26.5 Å². The van der Waals surface area contributed by atoms with Gasteiger partial charge < -0.3 is 15.1 Å². The van der Waals surface area contributed by atoms with Crippen LogP contribution in [0, 0.1) is 12.4 Å². The van der Waals surface area contributed by atoms with E-state index < -0.39 is 26.9 Å². The largest absolute Gasteiger partial charge is 0.361 e. The number of sulfonamides is 1. The number of nitrogens with one attached hydrogen (secondary N) is 2. The maximum Gasteiger partial charge on any atom is 0.333 e. The molecule has 12 heteroatoms. The predicted octanol–water partition coefficient (Wildman–Crippen LogP) is 3.93. The second-order valence-electron chi connectivity index (χ2n) is 7.76.